The van der Waals surface area contributed by atoms with Gasteiger partial charge in [-0.25, -0.2) is 8.78 Å². The number of carbonyl (C=O) groups excluding carboxylic acids is 1. The molecule has 4 nitrogen and oxygen atoms in total. The second-order valence-electron chi connectivity index (χ2n) is 4.26. The first-order valence-corrected chi connectivity index (χ1v) is 6.09. The first-order chi connectivity index (χ1) is 9.02. The summed E-state index contributed by atoms with van der Waals surface area (Å²) in [6.07, 6.45) is -0.159. The number of nitrogens with one attached hydrogen (secondary N) is 2. The van der Waals surface area contributed by atoms with Crippen molar-refractivity contribution in [2.75, 3.05) is 20.2 Å². The van der Waals surface area contributed by atoms with Crippen LogP contribution in [0, 0.1) is 11.6 Å². The zero-order chi connectivity index (χ0) is 14.0. The molecule has 1 saturated heterocycles. The molecule has 1 amide bonds. The molecular weight excluding hydrogens is 278 g/mol. The lowest BCUT2D eigenvalue weighted by Crippen LogP contribution is -2.43. The second-order valence-corrected chi connectivity index (χ2v) is 4.67. The number of hydrogen-bond donors (Lipinski definition) is 2. The number of ether oxygens (including phenoxy) is 1. The van der Waals surface area contributed by atoms with E-state index in [0.29, 0.717) is 13.1 Å². The summed E-state index contributed by atoms with van der Waals surface area (Å²) in [5.41, 5.74) is -0.0951. The van der Waals surface area contributed by atoms with Crippen molar-refractivity contribution in [1.82, 2.24) is 10.6 Å². The minimum absolute atomic E-state index is 0.0951. The molecule has 0 radical (unpaired) electrons. The maximum Gasteiger partial charge on any atom is 0.253 e. The Kier molecular flexibility index (Phi) is 4.34. The number of rotatable bonds is 3. The molecule has 104 valence electrons. The van der Waals surface area contributed by atoms with Gasteiger partial charge in [-0.1, -0.05) is 11.6 Å². The third kappa shape index (κ3) is 3.02. The van der Waals surface area contributed by atoms with E-state index in [1.54, 1.807) is 7.11 Å². The van der Waals surface area contributed by atoms with Gasteiger partial charge in [-0.3, -0.25) is 4.79 Å². The molecule has 0 bridgehead atoms. The number of methoxy groups -OCH3 is 1. The Morgan fingerprint density at radius 2 is 2.11 bits per heavy atom. The van der Waals surface area contributed by atoms with E-state index in [9.17, 15) is 13.6 Å². The van der Waals surface area contributed by atoms with Crippen molar-refractivity contribution < 1.29 is 18.3 Å². The van der Waals surface area contributed by atoms with E-state index >= 15 is 0 Å². The van der Waals surface area contributed by atoms with Gasteiger partial charge in [0.1, 0.15) is 0 Å². The molecular formula is C12H13ClF2N2O2. The van der Waals surface area contributed by atoms with Crippen LogP contribution in [0.25, 0.3) is 0 Å². The molecule has 2 N–H and O–H groups in total. The number of halogens is 3. The molecule has 0 spiro atoms. The van der Waals surface area contributed by atoms with Gasteiger partial charge >= 0.3 is 0 Å². The quantitative estimate of drug-likeness (QED) is 0.826. The van der Waals surface area contributed by atoms with E-state index in [-0.39, 0.29) is 22.7 Å². The fourth-order valence-electron chi connectivity index (χ4n) is 1.99. The fourth-order valence-corrected chi connectivity index (χ4v) is 2.23. The van der Waals surface area contributed by atoms with Crippen LogP contribution in [0.15, 0.2) is 12.1 Å². The van der Waals surface area contributed by atoms with Crippen molar-refractivity contribution >= 4 is 17.5 Å². The van der Waals surface area contributed by atoms with E-state index in [1.165, 1.54) is 0 Å². The van der Waals surface area contributed by atoms with Crippen LogP contribution in [0.5, 0.6) is 0 Å². The summed E-state index contributed by atoms with van der Waals surface area (Å²) in [6.45, 7) is 1.17. The summed E-state index contributed by atoms with van der Waals surface area (Å²) in [5, 5.41) is 5.61. The Hall–Kier alpha value is -1.24. The van der Waals surface area contributed by atoms with E-state index in [0.717, 1.165) is 12.1 Å². The lowest BCUT2D eigenvalue weighted by Gasteiger charge is -2.18. The molecule has 19 heavy (non-hydrogen) atoms. The van der Waals surface area contributed by atoms with E-state index in [1.807, 2.05) is 0 Å². The van der Waals surface area contributed by atoms with Crippen LogP contribution < -0.4 is 10.6 Å². The molecule has 1 heterocycles. The zero-order valence-corrected chi connectivity index (χ0v) is 10.9. The molecule has 1 aliphatic heterocycles. The predicted molar refractivity (Wildman–Crippen MR) is 66.3 cm³/mol. The summed E-state index contributed by atoms with van der Waals surface area (Å²) in [7, 11) is 1.54. The summed E-state index contributed by atoms with van der Waals surface area (Å²) in [5.74, 6) is -2.75. The normalized spacial score (nSPS) is 22.5. The van der Waals surface area contributed by atoms with Gasteiger partial charge in [-0.2, -0.15) is 0 Å². The Morgan fingerprint density at radius 1 is 1.42 bits per heavy atom. The second kappa shape index (κ2) is 5.81. The lowest BCUT2D eigenvalue weighted by atomic mass is 10.1. The Bertz CT molecular complexity index is 499. The lowest BCUT2D eigenvalue weighted by molar-refractivity contribution is 0.0779. The van der Waals surface area contributed by atoms with Crippen LogP contribution in [0.1, 0.15) is 10.4 Å². The molecule has 2 atom stereocenters. The Morgan fingerprint density at radius 3 is 2.79 bits per heavy atom. The minimum Gasteiger partial charge on any atom is -0.378 e. The van der Waals surface area contributed by atoms with Crippen LogP contribution in [0.4, 0.5) is 8.78 Å². The van der Waals surface area contributed by atoms with Gasteiger partial charge in [-0.15, -0.1) is 0 Å². The highest BCUT2D eigenvalue weighted by Crippen LogP contribution is 2.20. The first kappa shape index (κ1) is 14.2. The molecule has 1 fully saturated rings. The van der Waals surface area contributed by atoms with E-state index in [4.69, 9.17) is 16.3 Å². The van der Waals surface area contributed by atoms with Crippen molar-refractivity contribution in [3.05, 3.63) is 34.4 Å². The van der Waals surface area contributed by atoms with Crippen molar-refractivity contribution in [2.45, 2.75) is 12.1 Å². The maximum absolute atomic E-state index is 13.1. The molecule has 0 saturated carbocycles. The summed E-state index contributed by atoms with van der Waals surface area (Å²) < 4.78 is 31.2. The molecule has 1 aliphatic rings. The van der Waals surface area contributed by atoms with Crippen molar-refractivity contribution in [2.24, 2.45) is 0 Å². The highest BCUT2D eigenvalue weighted by Gasteiger charge is 2.29. The Labute approximate surface area is 114 Å². The van der Waals surface area contributed by atoms with Crippen LogP contribution in [-0.2, 0) is 4.74 Å². The summed E-state index contributed by atoms with van der Waals surface area (Å²) in [4.78, 5) is 12.0. The molecule has 0 aromatic heterocycles. The number of hydrogen-bond acceptors (Lipinski definition) is 3. The summed E-state index contributed by atoms with van der Waals surface area (Å²) in [6, 6.07) is 1.34. The molecule has 7 heteroatoms. The number of amides is 1. The third-order valence-corrected chi connectivity index (χ3v) is 3.35. The third-order valence-electron chi connectivity index (χ3n) is 3.03. The largest absolute Gasteiger partial charge is 0.378 e. The van der Waals surface area contributed by atoms with Crippen LogP contribution in [-0.4, -0.2) is 38.3 Å². The molecule has 1 aromatic rings. The first-order valence-electron chi connectivity index (χ1n) is 5.72. The number of carbonyl (C=O) groups is 1. The van der Waals surface area contributed by atoms with Crippen LogP contribution >= 0.6 is 11.6 Å². The SMILES string of the molecule is COC1CNCC1NC(=O)c1cc(F)c(F)cc1Cl. The fraction of sp³-hybridized carbons (Fsp3) is 0.417. The monoisotopic (exact) mass is 290 g/mol. The number of benzene rings is 1. The van der Waals surface area contributed by atoms with E-state index < -0.39 is 17.5 Å². The van der Waals surface area contributed by atoms with Gasteiger partial charge in [0.2, 0.25) is 0 Å². The highest BCUT2D eigenvalue weighted by molar-refractivity contribution is 6.33. The standard InChI is InChI=1S/C12H13ClF2N2O2/c1-19-11-5-16-4-10(11)17-12(18)6-2-8(14)9(15)3-7(6)13/h2-3,10-11,16H,4-5H2,1H3,(H,17,18). The van der Waals surface area contributed by atoms with E-state index in [2.05, 4.69) is 10.6 Å². The van der Waals surface area contributed by atoms with Crippen LogP contribution in [0.3, 0.4) is 0 Å². The van der Waals surface area contributed by atoms with Gasteiger partial charge in [0.05, 0.1) is 22.7 Å². The smallest absolute Gasteiger partial charge is 0.253 e. The average Bonchev–Trinajstić information content (AvgIpc) is 2.80. The van der Waals surface area contributed by atoms with Gasteiger partial charge < -0.3 is 15.4 Å². The Balaban J connectivity index is 2.14. The van der Waals surface area contributed by atoms with Crippen LogP contribution in [0.2, 0.25) is 5.02 Å². The molecule has 1 aromatic carbocycles. The highest BCUT2D eigenvalue weighted by atomic mass is 35.5. The van der Waals surface area contributed by atoms with Gasteiger partial charge in [-0.05, 0) is 12.1 Å². The van der Waals surface area contributed by atoms with Crippen molar-refractivity contribution in [1.29, 1.82) is 0 Å². The van der Waals surface area contributed by atoms with Crippen molar-refractivity contribution in [3.8, 4) is 0 Å². The van der Waals surface area contributed by atoms with Gasteiger partial charge in [0, 0.05) is 20.2 Å². The summed E-state index contributed by atoms with van der Waals surface area (Å²) >= 11 is 5.74. The van der Waals surface area contributed by atoms with Gasteiger partial charge in [0.25, 0.3) is 5.91 Å². The molecule has 0 aliphatic carbocycles. The van der Waals surface area contributed by atoms with Gasteiger partial charge in [0.15, 0.2) is 11.6 Å². The zero-order valence-electron chi connectivity index (χ0n) is 10.2. The minimum atomic E-state index is -1.11. The molecule has 2 rings (SSSR count). The predicted octanol–water partition coefficient (Wildman–Crippen LogP) is 1.33. The average molecular weight is 291 g/mol. The maximum atomic E-state index is 13.1. The van der Waals surface area contributed by atoms with Crippen molar-refractivity contribution in [3.63, 3.8) is 0 Å². The topological polar surface area (TPSA) is 50.4 Å². The molecule has 2 unspecified atom stereocenters.